The summed E-state index contributed by atoms with van der Waals surface area (Å²) < 4.78 is 12.1. The number of rotatable bonds is 5. The number of ether oxygens (including phenoxy) is 2. The molecule has 0 heterocycles. The Bertz CT molecular complexity index is 576. The van der Waals surface area contributed by atoms with E-state index in [-0.39, 0.29) is 17.5 Å². The average Bonchev–Trinajstić information content (AvgIpc) is 3.37. The van der Waals surface area contributed by atoms with Crippen molar-refractivity contribution in [3.8, 4) is 0 Å². The molecule has 5 aliphatic carbocycles. The fraction of sp³-hybridized carbons (Fsp3) is 0.864. The number of carbonyl (C=O) groups is 1. The summed E-state index contributed by atoms with van der Waals surface area (Å²) >= 11 is 0. The molecule has 0 aliphatic heterocycles. The molecule has 4 saturated carbocycles. The molecule has 0 radical (unpaired) electrons. The topological polar surface area (TPSA) is 35.5 Å². The lowest BCUT2D eigenvalue weighted by molar-refractivity contribution is -0.212. The first-order valence-corrected chi connectivity index (χ1v) is 10.7. The number of allylic oxidation sites excluding steroid dienone is 2. The summed E-state index contributed by atoms with van der Waals surface area (Å²) in [5, 5.41) is 0. The average molecular weight is 344 g/mol. The smallest absolute Gasteiger partial charge is 0.311 e. The summed E-state index contributed by atoms with van der Waals surface area (Å²) in [5.74, 6) is 4.69. The van der Waals surface area contributed by atoms with E-state index in [1.165, 1.54) is 25.7 Å². The van der Waals surface area contributed by atoms with Gasteiger partial charge in [-0.1, -0.05) is 31.9 Å². The van der Waals surface area contributed by atoms with Crippen LogP contribution < -0.4 is 0 Å². The zero-order chi connectivity index (χ0) is 17.2. The summed E-state index contributed by atoms with van der Waals surface area (Å²) in [6.07, 6.45) is 13.9. The van der Waals surface area contributed by atoms with Gasteiger partial charge in [-0.2, -0.15) is 0 Å². The Morgan fingerprint density at radius 1 is 1.12 bits per heavy atom. The van der Waals surface area contributed by atoms with Crippen LogP contribution in [-0.4, -0.2) is 17.9 Å². The molecule has 4 fully saturated rings. The summed E-state index contributed by atoms with van der Waals surface area (Å²) in [4.78, 5) is 12.9. The predicted octanol–water partition coefficient (Wildman–Crippen LogP) is 4.71. The zero-order valence-corrected chi connectivity index (χ0v) is 15.7. The van der Waals surface area contributed by atoms with Gasteiger partial charge < -0.3 is 9.47 Å². The van der Waals surface area contributed by atoms with Gasteiger partial charge in [-0.05, 0) is 81.0 Å². The Labute approximate surface area is 151 Å². The van der Waals surface area contributed by atoms with Crippen LogP contribution in [0.4, 0.5) is 0 Å². The van der Waals surface area contributed by atoms with Crippen LogP contribution in [0.2, 0.25) is 0 Å². The molecule has 25 heavy (non-hydrogen) atoms. The van der Waals surface area contributed by atoms with E-state index in [1.807, 2.05) is 6.92 Å². The molecule has 0 saturated heterocycles. The maximum Gasteiger partial charge on any atom is 0.311 e. The van der Waals surface area contributed by atoms with E-state index >= 15 is 0 Å². The Hall–Kier alpha value is -0.830. The van der Waals surface area contributed by atoms with E-state index in [9.17, 15) is 4.79 Å². The van der Waals surface area contributed by atoms with Crippen molar-refractivity contribution in [3.63, 3.8) is 0 Å². The van der Waals surface area contributed by atoms with E-state index in [1.54, 1.807) is 0 Å². The van der Waals surface area contributed by atoms with Gasteiger partial charge in [0.1, 0.15) is 0 Å². The second kappa shape index (κ2) is 5.84. The lowest BCUT2D eigenvalue weighted by Crippen LogP contribution is -2.38. The molecule has 4 bridgehead atoms. The molecule has 0 N–H and O–H groups in total. The van der Waals surface area contributed by atoms with Gasteiger partial charge in [-0.25, -0.2) is 0 Å². The van der Waals surface area contributed by atoms with Crippen LogP contribution in [0, 0.1) is 41.4 Å². The zero-order valence-electron chi connectivity index (χ0n) is 15.7. The van der Waals surface area contributed by atoms with Crippen molar-refractivity contribution in [2.75, 3.05) is 0 Å². The first-order valence-electron chi connectivity index (χ1n) is 10.7. The second-order valence-corrected chi connectivity index (χ2v) is 9.47. The first kappa shape index (κ1) is 16.4. The van der Waals surface area contributed by atoms with E-state index in [2.05, 4.69) is 19.1 Å². The monoisotopic (exact) mass is 344 g/mol. The van der Waals surface area contributed by atoms with Gasteiger partial charge in [0, 0.05) is 0 Å². The van der Waals surface area contributed by atoms with Crippen molar-refractivity contribution < 1.29 is 14.3 Å². The minimum Gasteiger partial charge on any atom is -0.436 e. The van der Waals surface area contributed by atoms with E-state index in [4.69, 9.17) is 9.47 Å². The highest BCUT2D eigenvalue weighted by Crippen LogP contribution is 2.67. The molecule has 3 nitrogen and oxygen atoms in total. The predicted molar refractivity (Wildman–Crippen MR) is 95.6 cm³/mol. The van der Waals surface area contributed by atoms with Gasteiger partial charge in [0.05, 0.1) is 11.5 Å². The molecule has 0 amide bonds. The normalized spacial score (nSPS) is 46.6. The van der Waals surface area contributed by atoms with E-state index in [0.29, 0.717) is 5.92 Å². The summed E-state index contributed by atoms with van der Waals surface area (Å²) in [6, 6.07) is 0. The van der Waals surface area contributed by atoms with Gasteiger partial charge in [0.15, 0.2) is 0 Å². The molecule has 0 aromatic rings. The number of esters is 1. The molecule has 3 heteroatoms. The van der Waals surface area contributed by atoms with Crippen LogP contribution in [0.15, 0.2) is 12.2 Å². The molecule has 8 atom stereocenters. The van der Waals surface area contributed by atoms with Crippen molar-refractivity contribution in [1.82, 2.24) is 0 Å². The molecule has 0 aromatic heterocycles. The molecule has 5 rings (SSSR count). The van der Waals surface area contributed by atoms with Crippen molar-refractivity contribution in [3.05, 3.63) is 12.2 Å². The number of hydrogen-bond acceptors (Lipinski definition) is 3. The van der Waals surface area contributed by atoms with Crippen molar-refractivity contribution >= 4 is 5.97 Å². The largest absolute Gasteiger partial charge is 0.436 e. The van der Waals surface area contributed by atoms with Gasteiger partial charge in [-0.3, -0.25) is 4.79 Å². The van der Waals surface area contributed by atoms with E-state index in [0.717, 1.165) is 55.3 Å². The van der Waals surface area contributed by atoms with Crippen molar-refractivity contribution in [1.29, 1.82) is 0 Å². The minimum atomic E-state index is -0.402. The van der Waals surface area contributed by atoms with Gasteiger partial charge in [-0.15, -0.1) is 0 Å². The lowest BCUT2D eigenvalue weighted by Gasteiger charge is -2.36. The van der Waals surface area contributed by atoms with Gasteiger partial charge >= 0.3 is 5.97 Å². The maximum atomic E-state index is 12.9. The van der Waals surface area contributed by atoms with Gasteiger partial charge in [0.25, 0.3) is 0 Å². The second-order valence-electron chi connectivity index (χ2n) is 9.47. The van der Waals surface area contributed by atoms with Crippen LogP contribution in [0.25, 0.3) is 0 Å². The standard InChI is InChI=1S/C22H32O3/c1-3-22(8-4-5-9-22)25-13(2)24-21(23)18-12-16-11-17(18)20-15-7-6-14(10-15)19(16)20/h6-7,13-20H,3-5,8-12H2,1-2H3. The van der Waals surface area contributed by atoms with Crippen LogP contribution in [0.3, 0.4) is 0 Å². The van der Waals surface area contributed by atoms with E-state index < -0.39 is 6.29 Å². The van der Waals surface area contributed by atoms with Crippen molar-refractivity contribution in [2.45, 2.75) is 77.1 Å². The quantitative estimate of drug-likeness (QED) is 0.314. The highest BCUT2D eigenvalue weighted by molar-refractivity contribution is 5.73. The highest BCUT2D eigenvalue weighted by atomic mass is 16.7. The molecule has 0 aromatic carbocycles. The first-order chi connectivity index (χ1) is 12.1. The molecule has 138 valence electrons. The fourth-order valence-corrected chi connectivity index (χ4v) is 7.49. The lowest BCUT2D eigenvalue weighted by atomic mass is 9.69. The third-order valence-corrected chi connectivity index (χ3v) is 8.43. The number of fused-ring (bicyclic) bond motifs is 9. The minimum absolute atomic E-state index is 0.0226. The summed E-state index contributed by atoms with van der Waals surface area (Å²) in [5.41, 5.74) is -0.0468. The van der Waals surface area contributed by atoms with Crippen LogP contribution in [-0.2, 0) is 14.3 Å². The Morgan fingerprint density at radius 2 is 1.84 bits per heavy atom. The maximum absolute atomic E-state index is 12.9. The molecular formula is C22H32O3. The highest BCUT2D eigenvalue weighted by Gasteiger charge is 2.62. The SMILES string of the molecule is CCC1(OC(C)OC(=O)C2CC3CC2C2C4C=CC(C4)C32)CCCC1. The molecule has 0 spiro atoms. The molecular weight excluding hydrogens is 312 g/mol. The molecule has 5 aliphatic rings. The van der Waals surface area contributed by atoms with Crippen LogP contribution >= 0.6 is 0 Å². The van der Waals surface area contributed by atoms with Crippen LogP contribution in [0.1, 0.15) is 65.2 Å². The number of carbonyl (C=O) groups excluding carboxylic acids is 1. The molecule has 8 unspecified atom stereocenters. The third-order valence-electron chi connectivity index (χ3n) is 8.43. The third kappa shape index (κ3) is 2.44. The summed E-state index contributed by atoms with van der Waals surface area (Å²) in [6.45, 7) is 4.11. The van der Waals surface area contributed by atoms with Crippen LogP contribution in [0.5, 0.6) is 0 Å². The Kier molecular flexibility index (Phi) is 3.82. The van der Waals surface area contributed by atoms with Crippen molar-refractivity contribution in [2.24, 2.45) is 41.4 Å². The Balaban J connectivity index is 1.22. The number of hydrogen-bond donors (Lipinski definition) is 0. The van der Waals surface area contributed by atoms with Gasteiger partial charge in [0.2, 0.25) is 6.29 Å². The summed E-state index contributed by atoms with van der Waals surface area (Å²) in [7, 11) is 0. The Morgan fingerprint density at radius 3 is 2.56 bits per heavy atom. The fourth-order valence-electron chi connectivity index (χ4n) is 7.49.